The van der Waals surface area contributed by atoms with Gasteiger partial charge in [0.15, 0.2) is 11.6 Å². The van der Waals surface area contributed by atoms with Crippen molar-refractivity contribution < 1.29 is 13.6 Å². The van der Waals surface area contributed by atoms with E-state index in [1.807, 2.05) is 48.5 Å². The van der Waals surface area contributed by atoms with Crippen molar-refractivity contribution in [3.05, 3.63) is 113 Å². The van der Waals surface area contributed by atoms with Crippen LogP contribution in [0.15, 0.2) is 84.9 Å². The Morgan fingerprint density at radius 3 is 2.47 bits per heavy atom. The molecule has 8 heteroatoms. The van der Waals surface area contributed by atoms with Crippen LogP contribution in [-0.2, 0) is 13.0 Å². The molecule has 0 bridgehead atoms. The van der Waals surface area contributed by atoms with Gasteiger partial charge in [-0.1, -0.05) is 58.5 Å². The van der Waals surface area contributed by atoms with Crippen LogP contribution in [0.3, 0.4) is 0 Å². The summed E-state index contributed by atoms with van der Waals surface area (Å²) in [6.45, 7) is 0.417. The van der Waals surface area contributed by atoms with Gasteiger partial charge in [0, 0.05) is 22.7 Å². The summed E-state index contributed by atoms with van der Waals surface area (Å²) in [4.78, 5) is 9.06. The number of fused-ring (bicyclic) bond motifs is 1. The summed E-state index contributed by atoms with van der Waals surface area (Å²) in [6, 6.07) is 24.7. The lowest BCUT2D eigenvalue weighted by Crippen LogP contribution is -2.01. The van der Waals surface area contributed by atoms with E-state index >= 15 is 0 Å². The predicted octanol–water partition coefficient (Wildman–Crippen LogP) is 7.22. The first-order chi connectivity index (χ1) is 16.1. The monoisotopic (exact) mass is 497 g/mol. The Balaban J connectivity index is 0.00000274. The van der Waals surface area contributed by atoms with Gasteiger partial charge in [0.25, 0.3) is 0 Å². The van der Waals surface area contributed by atoms with Crippen LogP contribution < -0.4 is 4.74 Å². The molecule has 5 aromatic rings. The summed E-state index contributed by atoms with van der Waals surface area (Å²) in [5.74, 6) is 0.0549. The number of hydrogen-bond acceptors (Lipinski definition) is 3. The van der Waals surface area contributed by atoms with Crippen molar-refractivity contribution in [2.45, 2.75) is 13.0 Å². The fraction of sp³-hybridized carbons (Fsp3) is 0.0769. The summed E-state index contributed by atoms with van der Waals surface area (Å²) in [7, 11) is 0. The van der Waals surface area contributed by atoms with E-state index in [1.54, 1.807) is 18.2 Å². The maximum Gasteiger partial charge on any atom is 0.189 e. The maximum absolute atomic E-state index is 14.8. The average molecular weight is 498 g/mol. The molecule has 0 saturated heterocycles. The van der Waals surface area contributed by atoms with Gasteiger partial charge in [0.1, 0.15) is 29.1 Å². The van der Waals surface area contributed by atoms with Gasteiger partial charge in [-0.25, -0.2) is 14.4 Å². The second kappa shape index (κ2) is 10.2. The van der Waals surface area contributed by atoms with Crippen molar-refractivity contribution in [1.82, 2.24) is 14.8 Å². The number of benzene rings is 3. The summed E-state index contributed by atoms with van der Waals surface area (Å²) in [5.41, 5.74) is 2.90. The normalized spacial score (nSPS) is 10.8. The molecule has 172 valence electrons. The molecule has 2 aromatic heterocycles. The van der Waals surface area contributed by atoms with Gasteiger partial charge in [-0.05, 0) is 48.0 Å². The van der Waals surface area contributed by atoms with Crippen LogP contribution in [0.2, 0.25) is 5.02 Å². The van der Waals surface area contributed by atoms with Crippen LogP contribution in [0.4, 0.5) is 8.87 Å². The lowest BCUT2D eigenvalue weighted by Gasteiger charge is -2.12. The van der Waals surface area contributed by atoms with E-state index in [9.17, 15) is 8.87 Å². The van der Waals surface area contributed by atoms with Crippen LogP contribution in [0, 0.1) is 5.82 Å². The van der Waals surface area contributed by atoms with E-state index in [1.165, 1.54) is 18.2 Å². The summed E-state index contributed by atoms with van der Waals surface area (Å²) < 4.78 is 34.9. The van der Waals surface area contributed by atoms with Gasteiger partial charge in [-0.3, -0.25) is 0 Å². The Kier molecular flexibility index (Phi) is 7.10. The van der Waals surface area contributed by atoms with Gasteiger partial charge < -0.3 is 4.74 Å². The largest absolute Gasteiger partial charge is 0.489 e. The minimum Gasteiger partial charge on any atom is -0.489 e. The number of hydrogen-bond donors (Lipinski definition) is 0. The highest BCUT2D eigenvalue weighted by Crippen LogP contribution is 2.28. The molecule has 2 heterocycles. The quantitative estimate of drug-likeness (QED) is 0.248. The third-order valence-electron chi connectivity index (χ3n) is 5.25. The van der Waals surface area contributed by atoms with Crippen molar-refractivity contribution in [2.24, 2.45) is 0 Å². The molecule has 3 aromatic carbocycles. The molecule has 0 atom stereocenters. The molecule has 0 spiro atoms. The molecule has 34 heavy (non-hydrogen) atoms. The predicted molar refractivity (Wildman–Crippen MR) is 132 cm³/mol. The lowest BCUT2D eigenvalue weighted by molar-refractivity contribution is 0.303. The number of ether oxygens (including phenoxy) is 1. The van der Waals surface area contributed by atoms with Gasteiger partial charge in [0.2, 0.25) is 0 Å². The second-order valence-electron chi connectivity index (χ2n) is 7.54. The Bertz CT molecular complexity index is 1440. The van der Waals surface area contributed by atoms with Crippen LogP contribution >= 0.6 is 24.0 Å². The van der Waals surface area contributed by atoms with Crippen molar-refractivity contribution >= 4 is 35.0 Å². The number of nitrogens with zero attached hydrogens (tertiary/aromatic N) is 3. The molecule has 0 aliphatic rings. The van der Waals surface area contributed by atoms with Crippen LogP contribution in [0.25, 0.3) is 22.6 Å². The highest BCUT2D eigenvalue weighted by atomic mass is 35.5. The minimum absolute atomic E-state index is 0. The third-order valence-corrected chi connectivity index (χ3v) is 5.48. The number of halogens is 4. The highest BCUT2D eigenvalue weighted by Gasteiger charge is 2.17. The summed E-state index contributed by atoms with van der Waals surface area (Å²) >= 11 is 6.23. The van der Waals surface area contributed by atoms with Crippen molar-refractivity contribution in [3.8, 4) is 17.3 Å². The fourth-order valence-corrected chi connectivity index (χ4v) is 3.85. The van der Waals surface area contributed by atoms with Crippen LogP contribution in [0.1, 0.15) is 16.8 Å². The molecule has 0 radical (unpaired) electrons. The SMILES string of the molecule is Cl.Fc1cccc2c1nc(-c1cccc(Cc3cc(Cl)ccc3OCc3ccccc3)n1)n2F. The summed E-state index contributed by atoms with van der Waals surface area (Å²) in [5, 5.41) is 0.578. The highest BCUT2D eigenvalue weighted by molar-refractivity contribution is 6.30. The Hall–Kier alpha value is -3.48. The van der Waals surface area contributed by atoms with Crippen molar-refractivity contribution in [3.63, 3.8) is 0 Å². The van der Waals surface area contributed by atoms with E-state index in [2.05, 4.69) is 9.97 Å². The first kappa shape index (κ1) is 23.7. The number of pyridine rings is 1. The molecule has 0 saturated carbocycles. The van der Waals surface area contributed by atoms with E-state index in [4.69, 9.17) is 16.3 Å². The topological polar surface area (TPSA) is 39.9 Å². The standard InChI is InChI=1S/C26H18ClF2N3O.ClH/c27-19-12-13-24(33-16-17-6-2-1-3-7-17)18(14-19)15-20-8-4-10-22(30-20)26-31-25-21(28)9-5-11-23(25)32(26)29;/h1-14H,15-16H2;1H. The zero-order valence-electron chi connectivity index (χ0n) is 17.8. The van der Waals surface area contributed by atoms with E-state index in [0.29, 0.717) is 40.0 Å². The molecule has 0 amide bonds. The number of imidazole rings is 1. The zero-order chi connectivity index (χ0) is 22.8. The van der Waals surface area contributed by atoms with Crippen molar-refractivity contribution in [1.29, 1.82) is 0 Å². The smallest absolute Gasteiger partial charge is 0.189 e. The summed E-state index contributed by atoms with van der Waals surface area (Å²) in [6.07, 6.45) is 0.416. The minimum atomic E-state index is -0.583. The van der Waals surface area contributed by atoms with Gasteiger partial charge in [-0.15, -0.1) is 12.4 Å². The van der Waals surface area contributed by atoms with Crippen LogP contribution in [0.5, 0.6) is 5.75 Å². The molecule has 4 nitrogen and oxygen atoms in total. The number of para-hydroxylation sites is 1. The maximum atomic E-state index is 14.8. The number of rotatable bonds is 6. The van der Waals surface area contributed by atoms with Gasteiger partial charge in [-0.2, -0.15) is 4.79 Å². The number of aromatic nitrogens is 3. The molecular formula is C26H19Cl2F2N3O. The fourth-order valence-electron chi connectivity index (χ4n) is 3.65. The van der Waals surface area contributed by atoms with Crippen molar-refractivity contribution in [2.75, 3.05) is 0 Å². The molecule has 5 rings (SSSR count). The average Bonchev–Trinajstić information content (AvgIpc) is 3.17. The Morgan fingerprint density at radius 2 is 1.68 bits per heavy atom. The Labute approximate surface area is 206 Å². The molecule has 0 fully saturated rings. The zero-order valence-corrected chi connectivity index (χ0v) is 19.4. The molecule has 0 unspecified atom stereocenters. The van der Waals surface area contributed by atoms with E-state index < -0.39 is 5.82 Å². The van der Waals surface area contributed by atoms with E-state index in [-0.39, 0.29) is 29.3 Å². The molecule has 0 N–H and O–H groups in total. The molecular weight excluding hydrogens is 479 g/mol. The lowest BCUT2D eigenvalue weighted by atomic mass is 10.1. The first-order valence-electron chi connectivity index (χ1n) is 10.3. The molecule has 0 aliphatic carbocycles. The molecule has 0 aliphatic heterocycles. The first-order valence-corrected chi connectivity index (χ1v) is 10.7. The van der Waals surface area contributed by atoms with E-state index in [0.717, 1.165) is 11.1 Å². The van der Waals surface area contributed by atoms with Gasteiger partial charge >= 0.3 is 0 Å². The third kappa shape index (κ3) is 4.88. The van der Waals surface area contributed by atoms with Gasteiger partial charge in [0.05, 0.1) is 0 Å². The Morgan fingerprint density at radius 1 is 0.882 bits per heavy atom. The second-order valence-corrected chi connectivity index (χ2v) is 7.98. The van der Waals surface area contributed by atoms with Crippen LogP contribution in [-0.4, -0.2) is 14.8 Å².